The number of hydrogen-bond acceptors (Lipinski definition) is 4. The van der Waals surface area contributed by atoms with Crippen LogP contribution in [0.4, 0.5) is 5.69 Å². The maximum atomic E-state index is 11.9. The van der Waals surface area contributed by atoms with E-state index >= 15 is 0 Å². The molecule has 0 aliphatic carbocycles. The average Bonchev–Trinajstić information content (AvgIpc) is 3.12. The molecule has 23 heavy (non-hydrogen) atoms. The van der Waals surface area contributed by atoms with Gasteiger partial charge in [0, 0.05) is 32.2 Å². The topological polar surface area (TPSA) is 100 Å². The lowest BCUT2D eigenvalue weighted by Gasteiger charge is -2.15. The fraction of sp³-hybridized carbons (Fsp3) is 0.333. The molecule has 0 saturated carbocycles. The van der Waals surface area contributed by atoms with Crippen molar-refractivity contribution in [2.45, 2.75) is 19.4 Å². The van der Waals surface area contributed by atoms with Crippen LogP contribution in [0, 0.1) is 0 Å². The molecule has 0 spiro atoms. The van der Waals surface area contributed by atoms with Gasteiger partial charge in [-0.05, 0) is 24.1 Å². The van der Waals surface area contributed by atoms with Crippen LogP contribution < -0.4 is 15.9 Å². The van der Waals surface area contributed by atoms with Gasteiger partial charge in [0.15, 0.2) is 0 Å². The first-order valence-electron chi connectivity index (χ1n) is 7.35. The summed E-state index contributed by atoms with van der Waals surface area (Å²) in [6.45, 7) is 1.06. The van der Waals surface area contributed by atoms with Crippen LogP contribution in [0.1, 0.15) is 29.0 Å². The second-order valence-corrected chi connectivity index (χ2v) is 5.40. The van der Waals surface area contributed by atoms with Crippen molar-refractivity contribution in [3.63, 3.8) is 0 Å². The first kappa shape index (κ1) is 15.0. The normalized spacial score (nSPS) is 14.3. The van der Waals surface area contributed by atoms with E-state index in [0.29, 0.717) is 13.0 Å². The van der Waals surface area contributed by atoms with Crippen molar-refractivity contribution in [2.24, 2.45) is 7.05 Å². The first-order valence-corrected chi connectivity index (χ1v) is 7.35. The molecular weight excluding hydrogens is 298 g/mol. The molecule has 0 bridgehead atoms. The molecule has 0 unspecified atom stereocenters. The number of H-pyrrole nitrogens is 1. The maximum absolute atomic E-state index is 11.9. The molecule has 1 aliphatic rings. The minimum atomic E-state index is -0.443. The number of anilines is 1. The van der Waals surface area contributed by atoms with E-state index in [4.69, 9.17) is 0 Å². The standard InChI is InChI=1S/C15H17N5O3/c1-19-15(23)17-13(18-19)14(22)16-9-10-4-6-11(7-5-10)20-8-2-3-12(20)21/h4-7H,2-3,8-9H2,1H3,(H,16,22)(H,17,18,23). The van der Waals surface area contributed by atoms with Gasteiger partial charge in [0.1, 0.15) is 0 Å². The van der Waals surface area contributed by atoms with Crippen LogP contribution >= 0.6 is 0 Å². The number of nitrogens with zero attached hydrogens (tertiary/aromatic N) is 3. The Bertz CT molecular complexity index is 790. The minimum absolute atomic E-state index is 0.0169. The Balaban J connectivity index is 1.61. The van der Waals surface area contributed by atoms with Gasteiger partial charge in [0.05, 0.1) is 0 Å². The molecule has 1 fully saturated rings. The zero-order valence-corrected chi connectivity index (χ0v) is 12.7. The number of benzene rings is 1. The number of carbonyl (C=O) groups excluding carboxylic acids is 2. The van der Waals surface area contributed by atoms with Crippen LogP contribution in [-0.2, 0) is 18.4 Å². The molecule has 2 heterocycles. The van der Waals surface area contributed by atoms with Crippen molar-refractivity contribution in [2.75, 3.05) is 11.4 Å². The Hall–Kier alpha value is -2.90. The Morgan fingerprint density at radius 2 is 2.04 bits per heavy atom. The van der Waals surface area contributed by atoms with Gasteiger partial charge in [-0.15, -0.1) is 5.10 Å². The van der Waals surface area contributed by atoms with Gasteiger partial charge in [-0.1, -0.05) is 12.1 Å². The smallest absolute Gasteiger partial charge is 0.343 e. The number of aryl methyl sites for hydroxylation is 1. The fourth-order valence-electron chi connectivity index (χ4n) is 2.49. The van der Waals surface area contributed by atoms with E-state index < -0.39 is 11.6 Å². The highest BCUT2D eigenvalue weighted by molar-refractivity contribution is 5.95. The van der Waals surface area contributed by atoms with Gasteiger partial charge in [-0.2, -0.15) is 0 Å². The molecule has 120 valence electrons. The quantitative estimate of drug-likeness (QED) is 0.839. The summed E-state index contributed by atoms with van der Waals surface area (Å²) < 4.78 is 1.07. The highest BCUT2D eigenvalue weighted by atomic mass is 16.2. The van der Waals surface area contributed by atoms with Gasteiger partial charge in [-0.25, -0.2) is 9.48 Å². The fourth-order valence-corrected chi connectivity index (χ4v) is 2.49. The molecule has 0 atom stereocenters. The molecule has 0 radical (unpaired) electrons. The zero-order valence-electron chi connectivity index (χ0n) is 12.7. The molecule has 2 aromatic rings. The van der Waals surface area contributed by atoms with Crippen molar-refractivity contribution < 1.29 is 9.59 Å². The van der Waals surface area contributed by atoms with Gasteiger partial charge >= 0.3 is 5.69 Å². The first-order chi connectivity index (χ1) is 11.0. The average molecular weight is 315 g/mol. The maximum Gasteiger partial charge on any atom is 0.343 e. The molecule has 1 aromatic carbocycles. The summed E-state index contributed by atoms with van der Waals surface area (Å²) in [6, 6.07) is 7.46. The Morgan fingerprint density at radius 1 is 1.30 bits per heavy atom. The highest BCUT2D eigenvalue weighted by Gasteiger charge is 2.21. The molecule has 1 aromatic heterocycles. The Morgan fingerprint density at radius 3 is 2.61 bits per heavy atom. The number of aromatic nitrogens is 3. The van der Waals surface area contributed by atoms with Crippen LogP contribution in [0.15, 0.2) is 29.1 Å². The summed E-state index contributed by atoms with van der Waals surface area (Å²) in [6.07, 6.45) is 1.49. The predicted molar refractivity (Wildman–Crippen MR) is 83.0 cm³/mol. The largest absolute Gasteiger partial charge is 0.345 e. The summed E-state index contributed by atoms with van der Waals surface area (Å²) in [5.74, 6) is -0.316. The highest BCUT2D eigenvalue weighted by Crippen LogP contribution is 2.21. The van der Waals surface area contributed by atoms with Crippen LogP contribution in [-0.4, -0.2) is 33.1 Å². The van der Waals surface area contributed by atoms with E-state index in [-0.39, 0.29) is 11.7 Å². The number of aromatic amines is 1. The van der Waals surface area contributed by atoms with E-state index in [9.17, 15) is 14.4 Å². The van der Waals surface area contributed by atoms with Gasteiger partial charge < -0.3 is 10.2 Å². The van der Waals surface area contributed by atoms with E-state index in [1.807, 2.05) is 24.3 Å². The molecule has 8 heteroatoms. The van der Waals surface area contributed by atoms with Gasteiger partial charge in [0.2, 0.25) is 11.7 Å². The van der Waals surface area contributed by atoms with E-state index in [0.717, 1.165) is 28.9 Å². The molecule has 2 N–H and O–H groups in total. The number of rotatable bonds is 4. The van der Waals surface area contributed by atoms with Crippen molar-refractivity contribution >= 4 is 17.5 Å². The van der Waals surface area contributed by atoms with Crippen LogP contribution in [0.3, 0.4) is 0 Å². The number of hydrogen-bond donors (Lipinski definition) is 2. The number of amides is 2. The molecule has 1 saturated heterocycles. The van der Waals surface area contributed by atoms with Crippen LogP contribution in [0.2, 0.25) is 0 Å². The molecular formula is C15H17N5O3. The second kappa shape index (κ2) is 6.07. The molecule has 8 nitrogen and oxygen atoms in total. The van der Waals surface area contributed by atoms with Crippen molar-refractivity contribution in [3.8, 4) is 0 Å². The zero-order chi connectivity index (χ0) is 16.4. The van der Waals surface area contributed by atoms with E-state index in [2.05, 4.69) is 15.4 Å². The third-order valence-corrected chi connectivity index (χ3v) is 3.76. The van der Waals surface area contributed by atoms with E-state index in [1.165, 1.54) is 7.05 Å². The molecule has 1 aliphatic heterocycles. The SMILES string of the molecule is Cn1nc(C(=O)NCc2ccc(N3CCCC3=O)cc2)[nH]c1=O. The Labute approximate surface area is 132 Å². The van der Waals surface area contributed by atoms with Gasteiger partial charge in [0.25, 0.3) is 5.91 Å². The molecule has 3 rings (SSSR count). The predicted octanol–water partition coefficient (Wildman–Crippen LogP) is 0.165. The number of nitrogens with one attached hydrogen (secondary N) is 2. The summed E-state index contributed by atoms with van der Waals surface area (Å²) in [7, 11) is 1.47. The lowest BCUT2D eigenvalue weighted by atomic mass is 10.2. The third-order valence-electron chi connectivity index (χ3n) is 3.76. The lowest BCUT2D eigenvalue weighted by molar-refractivity contribution is -0.117. The summed E-state index contributed by atoms with van der Waals surface area (Å²) in [5.41, 5.74) is 1.33. The van der Waals surface area contributed by atoms with Crippen molar-refractivity contribution in [1.82, 2.24) is 20.1 Å². The van der Waals surface area contributed by atoms with Crippen LogP contribution in [0.5, 0.6) is 0 Å². The Kier molecular flexibility index (Phi) is 3.96. The molecule has 2 amide bonds. The van der Waals surface area contributed by atoms with E-state index in [1.54, 1.807) is 4.90 Å². The summed E-state index contributed by atoms with van der Waals surface area (Å²) in [5, 5.41) is 6.48. The monoisotopic (exact) mass is 315 g/mol. The number of carbonyl (C=O) groups is 2. The van der Waals surface area contributed by atoms with Crippen molar-refractivity contribution in [3.05, 3.63) is 46.1 Å². The third kappa shape index (κ3) is 3.15. The van der Waals surface area contributed by atoms with Crippen LogP contribution in [0.25, 0.3) is 0 Å². The summed E-state index contributed by atoms with van der Waals surface area (Å²) in [4.78, 5) is 39.0. The van der Waals surface area contributed by atoms with Gasteiger partial charge in [-0.3, -0.25) is 14.6 Å². The summed E-state index contributed by atoms with van der Waals surface area (Å²) >= 11 is 0. The second-order valence-electron chi connectivity index (χ2n) is 5.40. The lowest BCUT2D eigenvalue weighted by Crippen LogP contribution is -2.25. The minimum Gasteiger partial charge on any atom is -0.345 e. The van der Waals surface area contributed by atoms with Crippen molar-refractivity contribution in [1.29, 1.82) is 0 Å².